The first-order chi connectivity index (χ1) is 15.9. The average molecular weight is 533 g/mol. The Morgan fingerprint density at radius 3 is 2.03 bits per heavy atom. The monoisotopic (exact) mass is 531 g/mol. The minimum Gasteiger partial charge on any atom is -0.295 e. The topological polar surface area (TPSA) is 30.0 Å². The fourth-order valence-corrected chi connectivity index (χ4v) is 3.26. The molecule has 3 heteroatoms. The van der Waals surface area contributed by atoms with Gasteiger partial charge in [-0.3, -0.25) is 9.78 Å². The molecule has 1 aromatic heterocycles. The average Bonchev–Trinajstić information content (AvgIpc) is 2.81. The van der Waals surface area contributed by atoms with Crippen molar-refractivity contribution in [3.05, 3.63) is 75.5 Å². The molecule has 1 unspecified atom stereocenters. The van der Waals surface area contributed by atoms with Crippen molar-refractivity contribution in [2.24, 2.45) is 5.92 Å². The summed E-state index contributed by atoms with van der Waals surface area (Å²) in [6.45, 7) is 24.3. The molecule has 0 N–H and O–H groups in total. The van der Waals surface area contributed by atoms with Gasteiger partial charge in [0.2, 0.25) is 0 Å². The minimum atomic E-state index is 0.0185. The van der Waals surface area contributed by atoms with Crippen LogP contribution < -0.4 is 0 Å². The van der Waals surface area contributed by atoms with Crippen LogP contribution in [0.3, 0.4) is 0 Å². The second-order valence-corrected chi connectivity index (χ2v) is 10.1. The number of pyridine rings is 1. The lowest BCUT2D eigenvalue weighted by molar-refractivity contribution is -0.112. The van der Waals surface area contributed by atoms with Crippen molar-refractivity contribution >= 4 is 21.7 Å². The number of aromatic nitrogens is 1. The first kappa shape index (κ1) is 34.4. The number of nitrogens with zero attached hydrogens (tertiary/aromatic N) is 1. The summed E-state index contributed by atoms with van der Waals surface area (Å²) in [5.41, 5.74) is 6.55. The maximum Gasteiger partial charge on any atom is 0.152 e. The minimum absolute atomic E-state index is 0.0185. The lowest BCUT2D eigenvalue weighted by Gasteiger charge is -2.05. The highest BCUT2D eigenvalue weighted by Crippen LogP contribution is 2.21. The van der Waals surface area contributed by atoms with Crippen LogP contribution in [-0.2, 0) is 11.2 Å². The van der Waals surface area contributed by atoms with Crippen LogP contribution in [-0.4, -0.2) is 10.8 Å². The number of ketones is 1. The molecular formula is C31H50BrNO. The summed E-state index contributed by atoms with van der Waals surface area (Å²) in [5.74, 6) is 1.56. The van der Waals surface area contributed by atoms with Gasteiger partial charge in [-0.05, 0) is 86.4 Å². The van der Waals surface area contributed by atoms with Gasteiger partial charge in [-0.15, -0.1) is 0 Å². The van der Waals surface area contributed by atoms with Crippen LogP contribution in [0.1, 0.15) is 108 Å². The Bertz CT molecular complexity index is 809. The number of allylic oxidation sites excluding steroid dienone is 1. The van der Waals surface area contributed by atoms with E-state index in [0.29, 0.717) is 5.92 Å². The van der Waals surface area contributed by atoms with Crippen molar-refractivity contribution in [1.29, 1.82) is 0 Å². The van der Waals surface area contributed by atoms with E-state index in [9.17, 15) is 4.79 Å². The standard InChI is InChI=1S/C10H13Br.C9H13N.C8H18.C4H6O/c1-4-9-5-8(3)10(11)6-7(9)2;1-7(2)9-5-4-8(3)10-6-9;1-4-6-7-8(3)5-2;1-3-4(2)5/h5-6H,4H2,1-3H3;4-7H,1-3H3;8H,4-7H2,1-3H3;3H,1H2,2H3. The molecule has 34 heavy (non-hydrogen) atoms. The number of hydrogen-bond acceptors (Lipinski definition) is 2. The number of rotatable bonds is 7. The van der Waals surface area contributed by atoms with Crippen molar-refractivity contribution < 1.29 is 4.79 Å². The van der Waals surface area contributed by atoms with E-state index < -0.39 is 0 Å². The fourth-order valence-electron chi connectivity index (χ4n) is 2.80. The SMILES string of the molecule is C=CC(C)=O.CCCCC(C)CC.CCc1cc(C)c(Br)cc1C.Cc1ccc(C(C)C)cn1. The molecule has 1 heterocycles. The molecule has 0 saturated heterocycles. The third-order valence-corrected chi connectivity index (χ3v) is 6.49. The molecule has 0 aliphatic carbocycles. The molecule has 2 rings (SSSR count). The first-order valence-corrected chi connectivity index (χ1v) is 13.5. The highest BCUT2D eigenvalue weighted by Gasteiger charge is 1.99. The van der Waals surface area contributed by atoms with E-state index in [0.717, 1.165) is 18.0 Å². The molecule has 0 aliphatic heterocycles. The van der Waals surface area contributed by atoms with Gasteiger partial charge in [-0.1, -0.05) is 102 Å². The Kier molecular flexibility index (Phi) is 20.9. The van der Waals surface area contributed by atoms with Crippen LogP contribution in [0.5, 0.6) is 0 Å². The second kappa shape index (κ2) is 20.6. The molecule has 0 bridgehead atoms. The Balaban J connectivity index is 0. The maximum atomic E-state index is 9.69. The van der Waals surface area contributed by atoms with Crippen LogP contribution >= 0.6 is 15.9 Å². The number of hydrogen-bond donors (Lipinski definition) is 0. The largest absolute Gasteiger partial charge is 0.295 e. The van der Waals surface area contributed by atoms with Crippen molar-refractivity contribution in [3.63, 3.8) is 0 Å². The van der Waals surface area contributed by atoms with Crippen molar-refractivity contribution in [2.75, 3.05) is 0 Å². The van der Waals surface area contributed by atoms with Gasteiger partial charge in [0.05, 0.1) is 0 Å². The van der Waals surface area contributed by atoms with E-state index in [1.165, 1.54) is 65.4 Å². The maximum absolute atomic E-state index is 9.69. The third kappa shape index (κ3) is 17.7. The Hall–Kier alpha value is -1.74. The van der Waals surface area contributed by atoms with Gasteiger partial charge < -0.3 is 0 Å². The van der Waals surface area contributed by atoms with Crippen molar-refractivity contribution in [2.45, 2.75) is 107 Å². The number of benzene rings is 1. The Morgan fingerprint density at radius 2 is 1.65 bits per heavy atom. The van der Waals surface area contributed by atoms with Gasteiger partial charge in [-0.25, -0.2) is 0 Å². The molecule has 0 radical (unpaired) electrons. The van der Waals surface area contributed by atoms with Gasteiger partial charge in [0.25, 0.3) is 0 Å². The molecule has 0 spiro atoms. The summed E-state index contributed by atoms with van der Waals surface area (Å²) in [7, 11) is 0. The van der Waals surface area contributed by atoms with Crippen LogP contribution in [0.2, 0.25) is 0 Å². The van der Waals surface area contributed by atoms with Crippen LogP contribution in [0.25, 0.3) is 0 Å². The predicted molar refractivity (Wildman–Crippen MR) is 156 cm³/mol. The van der Waals surface area contributed by atoms with Gasteiger partial charge in [0.1, 0.15) is 0 Å². The smallest absolute Gasteiger partial charge is 0.152 e. The molecule has 0 saturated carbocycles. The first-order valence-electron chi connectivity index (χ1n) is 12.7. The van der Waals surface area contributed by atoms with Crippen molar-refractivity contribution in [1.82, 2.24) is 4.98 Å². The summed E-state index contributed by atoms with van der Waals surface area (Å²) in [5, 5.41) is 0. The van der Waals surface area contributed by atoms with E-state index in [1.807, 2.05) is 13.1 Å². The van der Waals surface area contributed by atoms with E-state index in [4.69, 9.17) is 0 Å². The molecular weight excluding hydrogens is 482 g/mol. The van der Waals surface area contributed by atoms with Crippen molar-refractivity contribution in [3.8, 4) is 0 Å². The number of carbonyl (C=O) groups is 1. The quantitative estimate of drug-likeness (QED) is 0.332. The predicted octanol–water partition coefficient (Wildman–Crippen LogP) is 10.1. The van der Waals surface area contributed by atoms with E-state index in [2.05, 4.69) is 107 Å². The van der Waals surface area contributed by atoms with Gasteiger partial charge in [-0.2, -0.15) is 0 Å². The third-order valence-electron chi connectivity index (χ3n) is 5.63. The molecule has 2 nitrogen and oxygen atoms in total. The normalized spacial score (nSPS) is 10.6. The summed E-state index contributed by atoms with van der Waals surface area (Å²) in [6, 6.07) is 8.62. The van der Waals surface area contributed by atoms with E-state index in [-0.39, 0.29) is 5.78 Å². The number of halogens is 1. The molecule has 0 amide bonds. The zero-order chi connectivity index (χ0) is 26.7. The molecule has 1 atom stereocenters. The zero-order valence-corrected chi connectivity index (χ0v) is 25.2. The Labute approximate surface area is 219 Å². The van der Waals surface area contributed by atoms with Gasteiger partial charge >= 0.3 is 0 Å². The summed E-state index contributed by atoms with van der Waals surface area (Å²) < 4.78 is 1.22. The highest BCUT2D eigenvalue weighted by molar-refractivity contribution is 9.10. The van der Waals surface area contributed by atoms with E-state index in [1.54, 1.807) is 0 Å². The zero-order valence-electron chi connectivity index (χ0n) is 23.6. The fraction of sp³-hybridized carbons (Fsp3) is 0.548. The summed E-state index contributed by atoms with van der Waals surface area (Å²) in [4.78, 5) is 13.9. The number of carbonyl (C=O) groups excluding carboxylic acids is 1. The summed E-state index contributed by atoms with van der Waals surface area (Å²) in [6.07, 6.45) is 9.88. The lowest BCUT2D eigenvalue weighted by Crippen LogP contribution is -1.89. The lowest BCUT2D eigenvalue weighted by atomic mass is 10.0. The molecule has 1 aromatic carbocycles. The number of unbranched alkanes of at least 4 members (excludes halogenated alkanes) is 1. The molecule has 192 valence electrons. The molecule has 2 aromatic rings. The highest BCUT2D eigenvalue weighted by atomic mass is 79.9. The van der Waals surface area contributed by atoms with E-state index >= 15 is 0 Å². The molecule has 0 fully saturated rings. The van der Waals surface area contributed by atoms with Gasteiger partial charge in [0, 0.05) is 16.4 Å². The second-order valence-electron chi connectivity index (χ2n) is 9.24. The van der Waals surface area contributed by atoms with Crippen LogP contribution in [0.4, 0.5) is 0 Å². The Morgan fingerprint density at radius 1 is 1.06 bits per heavy atom. The van der Waals surface area contributed by atoms with Crippen LogP contribution in [0, 0.1) is 26.7 Å². The number of aryl methyl sites for hydroxylation is 4. The summed E-state index contributed by atoms with van der Waals surface area (Å²) >= 11 is 3.51. The molecule has 0 aliphatic rings. The van der Waals surface area contributed by atoms with Crippen LogP contribution in [0.15, 0.2) is 47.6 Å². The van der Waals surface area contributed by atoms with Gasteiger partial charge in [0.15, 0.2) is 5.78 Å².